The second-order valence-corrected chi connectivity index (χ2v) is 8.06. The molecule has 0 aromatic heterocycles. The maximum atomic E-state index is 12.9. The van der Waals surface area contributed by atoms with Crippen molar-refractivity contribution in [1.29, 1.82) is 0 Å². The monoisotopic (exact) mass is 292 g/mol. The third-order valence-electron chi connectivity index (χ3n) is 4.14. The third-order valence-corrected chi connectivity index (χ3v) is 6.67. The molecular weight excluding hydrogens is 263 g/mol. The van der Waals surface area contributed by atoms with E-state index >= 15 is 0 Å². The van der Waals surface area contributed by atoms with Crippen LogP contribution < -0.4 is 0 Å². The first kappa shape index (κ1) is 17.4. The molecule has 0 spiro atoms. The Morgan fingerprint density at radius 1 is 0.950 bits per heavy atom. The van der Waals surface area contributed by atoms with Crippen molar-refractivity contribution in [3.8, 4) is 0 Å². The Morgan fingerprint density at radius 3 is 2.00 bits per heavy atom. The van der Waals surface area contributed by atoms with Crippen molar-refractivity contribution < 1.29 is 4.79 Å². The van der Waals surface area contributed by atoms with Crippen LogP contribution in [0.5, 0.6) is 0 Å². The van der Waals surface area contributed by atoms with Gasteiger partial charge in [0.15, 0.2) is 5.52 Å². The van der Waals surface area contributed by atoms with Gasteiger partial charge in [-0.1, -0.05) is 38.8 Å². The van der Waals surface area contributed by atoms with Crippen LogP contribution in [0.3, 0.4) is 0 Å². The molecule has 0 amide bonds. The van der Waals surface area contributed by atoms with Crippen molar-refractivity contribution in [2.75, 3.05) is 12.3 Å². The van der Waals surface area contributed by atoms with E-state index in [-0.39, 0.29) is 0 Å². The SMILES string of the molecule is CCCCP(CCCC)C(=O)c1ccc(C)c(C)c1C. The fourth-order valence-electron chi connectivity index (χ4n) is 2.37. The molecule has 0 aliphatic heterocycles. The molecule has 0 saturated carbocycles. The molecule has 0 bridgehead atoms. The van der Waals surface area contributed by atoms with Crippen LogP contribution >= 0.6 is 7.92 Å². The number of benzene rings is 1. The highest BCUT2D eigenvalue weighted by Gasteiger charge is 2.21. The molecule has 1 aromatic carbocycles. The smallest absolute Gasteiger partial charge is 0.184 e. The third kappa shape index (κ3) is 4.42. The van der Waals surface area contributed by atoms with Gasteiger partial charge in [-0.2, -0.15) is 0 Å². The molecule has 112 valence electrons. The fraction of sp³-hybridized carbons (Fsp3) is 0.611. The van der Waals surface area contributed by atoms with Crippen LogP contribution in [0.15, 0.2) is 12.1 Å². The van der Waals surface area contributed by atoms with Gasteiger partial charge in [0.1, 0.15) is 0 Å². The zero-order valence-electron chi connectivity index (χ0n) is 13.8. The zero-order chi connectivity index (χ0) is 15.1. The van der Waals surface area contributed by atoms with Gasteiger partial charge < -0.3 is 0 Å². The molecule has 0 aliphatic carbocycles. The molecule has 0 N–H and O–H groups in total. The largest absolute Gasteiger partial charge is 0.289 e. The summed E-state index contributed by atoms with van der Waals surface area (Å²) in [4.78, 5) is 12.9. The van der Waals surface area contributed by atoms with Gasteiger partial charge in [-0.05, 0) is 70.5 Å². The van der Waals surface area contributed by atoms with Crippen LogP contribution in [0.25, 0.3) is 0 Å². The number of rotatable bonds is 8. The van der Waals surface area contributed by atoms with Crippen molar-refractivity contribution in [3.05, 3.63) is 34.4 Å². The molecule has 20 heavy (non-hydrogen) atoms. The second-order valence-electron chi connectivity index (χ2n) is 5.68. The van der Waals surface area contributed by atoms with E-state index in [0.717, 1.165) is 17.9 Å². The second kappa shape index (κ2) is 8.57. The molecule has 1 aromatic rings. The Balaban J connectivity index is 2.96. The Labute approximate surface area is 125 Å². The minimum Gasteiger partial charge on any atom is -0.289 e. The van der Waals surface area contributed by atoms with Crippen LogP contribution in [0, 0.1) is 20.8 Å². The van der Waals surface area contributed by atoms with Crippen LogP contribution in [0.2, 0.25) is 0 Å². The standard InChI is InChI=1S/C18H29OP/c1-6-8-12-20(13-9-7-2)18(19)17-11-10-14(3)15(4)16(17)5/h10-11H,6-9,12-13H2,1-5H3. The summed E-state index contributed by atoms with van der Waals surface area (Å²) >= 11 is 0. The minimum absolute atomic E-state index is 0.433. The average Bonchev–Trinajstić information content (AvgIpc) is 2.44. The lowest BCUT2D eigenvalue weighted by atomic mass is 10.00. The summed E-state index contributed by atoms with van der Waals surface area (Å²) in [6, 6.07) is 4.15. The Hall–Kier alpha value is -0.680. The summed E-state index contributed by atoms with van der Waals surface area (Å²) in [6.45, 7) is 10.8. The lowest BCUT2D eigenvalue weighted by Crippen LogP contribution is -2.07. The van der Waals surface area contributed by atoms with Crippen LogP contribution in [-0.2, 0) is 0 Å². The first-order valence-electron chi connectivity index (χ1n) is 7.89. The maximum absolute atomic E-state index is 12.9. The molecular formula is C18H29OP. The quantitative estimate of drug-likeness (QED) is 0.550. The highest BCUT2D eigenvalue weighted by molar-refractivity contribution is 7.75. The molecule has 1 nitrogen and oxygen atoms in total. The molecule has 0 fully saturated rings. The topological polar surface area (TPSA) is 17.1 Å². The van der Waals surface area contributed by atoms with E-state index < -0.39 is 7.92 Å². The van der Waals surface area contributed by atoms with E-state index in [1.54, 1.807) is 0 Å². The molecule has 1 rings (SSSR count). The summed E-state index contributed by atoms with van der Waals surface area (Å²) in [5, 5.41) is 0. The molecule has 0 saturated heterocycles. The van der Waals surface area contributed by atoms with E-state index in [2.05, 4.69) is 40.7 Å². The lowest BCUT2D eigenvalue weighted by Gasteiger charge is -2.18. The Kier molecular flexibility index (Phi) is 7.45. The van der Waals surface area contributed by atoms with Gasteiger partial charge in [0.25, 0.3) is 0 Å². The van der Waals surface area contributed by atoms with Crippen molar-refractivity contribution in [3.63, 3.8) is 0 Å². The molecule has 0 atom stereocenters. The molecule has 0 unspecified atom stereocenters. The molecule has 0 heterocycles. The summed E-state index contributed by atoms with van der Waals surface area (Å²) < 4.78 is 0. The van der Waals surface area contributed by atoms with Crippen molar-refractivity contribution in [1.82, 2.24) is 0 Å². The van der Waals surface area contributed by atoms with Gasteiger partial charge >= 0.3 is 0 Å². The first-order chi connectivity index (χ1) is 9.52. The number of hydrogen-bond donors (Lipinski definition) is 0. The van der Waals surface area contributed by atoms with E-state index in [1.165, 1.54) is 42.4 Å². The van der Waals surface area contributed by atoms with Gasteiger partial charge in [-0.15, -0.1) is 0 Å². The Bertz CT molecular complexity index is 443. The Morgan fingerprint density at radius 2 is 1.50 bits per heavy atom. The lowest BCUT2D eigenvalue weighted by molar-refractivity contribution is 0.108. The predicted octanol–water partition coefficient (Wildman–Crippen LogP) is 5.83. The number of carbonyl (C=O) groups is 1. The number of carbonyl (C=O) groups excluding carboxylic acids is 1. The van der Waals surface area contributed by atoms with Gasteiger partial charge in [0.05, 0.1) is 0 Å². The highest BCUT2D eigenvalue weighted by Crippen LogP contribution is 2.42. The van der Waals surface area contributed by atoms with Crippen LogP contribution in [0.1, 0.15) is 66.6 Å². The van der Waals surface area contributed by atoms with Crippen molar-refractivity contribution in [2.24, 2.45) is 0 Å². The highest BCUT2D eigenvalue weighted by atomic mass is 31.1. The maximum Gasteiger partial charge on any atom is 0.184 e. The van der Waals surface area contributed by atoms with Crippen LogP contribution in [0.4, 0.5) is 0 Å². The van der Waals surface area contributed by atoms with Gasteiger partial charge in [0, 0.05) is 5.56 Å². The van der Waals surface area contributed by atoms with Gasteiger partial charge in [-0.3, -0.25) is 4.79 Å². The molecule has 0 aliphatic rings. The van der Waals surface area contributed by atoms with E-state index in [0.29, 0.717) is 5.52 Å². The van der Waals surface area contributed by atoms with E-state index in [4.69, 9.17) is 0 Å². The van der Waals surface area contributed by atoms with Crippen molar-refractivity contribution in [2.45, 2.75) is 60.3 Å². The van der Waals surface area contributed by atoms with Crippen molar-refractivity contribution >= 4 is 13.4 Å². The minimum atomic E-state index is -0.487. The fourth-order valence-corrected chi connectivity index (χ4v) is 4.98. The van der Waals surface area contributed by atoms with Crippen LogP contribution in [-0.4, -0.2) is 17.8 Å². The average molecular weight is 292 g/mol. The first-order valence-corrected chi connectivity index (χ1v) is 9.60. The van der Waals surface area contributed by atoms with Gasteiger partial charge in [0.2, 0.25) is 0 Å². The number of hydrogen-bond acceptors (Lipinski definition) is 1. The summed E-state index contributed by atoms with van der Waals surface area (Å²) in [7, 11) is -0.487. The number of unbranched alkanes of at least 4 members (excludes halogenated alkanes) is 2. The molecule has 2 heteroatoms. The van der Waals surface area contributed by atoms with E-state index in [9.17, 15) is 4.79 Å². The summed E-state index contributed by atoms with van der Waals surface area (Å²) in [6.07, 6.45) is 6.96. The normalized spacial score (nSPS) is 11.1. The number of aryl methyl sites for hydroxylation is 1. The summed E-state index contributed by atoms with van der Waals surface area (Å²) in [5.41, 5.74) is 5.16. The zero-order valence-corrected chi connectivity index (χ0v) is 14.6. The van der Waals surface area contributed by atoms with E-state index in [1.807, 2.05) is 6.07 Å². The van der Waals surface area contributed by atoms with Gasteiger partial charge in [-0.25, -0.2) is 0 Å². The summed E-state index contributed by atoms with van der Waals surface area (Å²) in [5.74, 6) is 0. The predicted molar refractivity (Wildman–Crippen MR) is 91.5 cm³/mol. The molecule has 0 radical (unpaired) electrons.